The van der Waals surface area contributed by atoms with Gasteiger partial charge in [-0.3, -0.25) is 10.00 Å². The number of aryl methyl sites for hydroxylation is 1. The van der Waals surface area contributed by atoms with Gasteiger partial charge in [-0.1, -0.05) is 13.8 Å². The molecule has 0 spiro atoms. The molecule has 3 N–H and O–H groups in total. The smallest absolute Gasteiger partial charge is 0.226 e. The highest BCUT2D eigenvalue weighted by molar-refractivity contribution is 7.18. The summed E-state index contributed by atoms with van der Waals surface area (Å²) in [4.78, 5) is 14.3. The first-order valence-electron chi connectivity index (χ1n) is 12.0. The molecule has 3 aromatic rings. The molecule has 0 saturated carbocycles. The molecule has 0 bridgehead atoms. The number of methoxy groups -OCH3 is 1. The number of ether oxygens (including phenoxy) is 1. The van der Waals surface area contributed by atoms with Crippen LogP contribution in [0.25, 0.3) is 10.2 Å². The maximum Gasteiger partial charge on any atom is 0.226 e. The van der Waals surface area contributed by atoms with Crippen LogP contribution in [-0.4, -0.2) is 56.8 Å². The fourth-order valence-electron chi connectivity index (χ4n) is 4.92. The standard InChI is InChI=1S/C24H34N8OS/c1-5-17-11-16(12-18(6-2)32(17)9-7-8-25)26-24-28-22(27-21-10-15(3)30-31-21)20-13-19(14-33-4)34-23(20)29-24/h10,13,16-18H,5-7,9,11-12,14H2,1-4H3,(H3,26,27,28,29,30,31). The van der Waals surface area contributed by atoms with Crippen molar-refractivity contribution in [1.82, 2.24) is 25.1 Å². The van der Waals surface area contributed by atoms with Crippen molar-refractivity contribution in [2.45, 2.75) is 77.6 Å². The predicted octanol–water partition coefficient (Wildman–Crippen LogP) is 4.96. The fraction of sp³-hybridized carbons (Fsp3) is 0.583. The monoisotopic (exact) mass is 482 g/mol. The van der Waals surface area contributed by atoms with E-state index >= 15 is 0 Å². The Hall–Kier alpha value is -2.74. The van der Waals surface area contributed by atoms with E-state index in [1.807, 2.05) is 13.0 Å². The zero-order valence-corrected chi connectivity index (χ0v) is 21.2. The second-order valence-corrected chi connectivity index (χ2v) is 10.0. The summed E-state index contributed by atoms with van der Waals surface area (Å²) >= 11 is 1.62. The van der Waals surface area contributed by atoms with E-state index in [4.69, 9.17) is 20.0 Å². The van der Waals surface area contributed by atoms with E-state index in [0.717, 1.165) is 64.7 Å². The lowest BCUT2D eigenvalue weighted by molar-refractivity contribution is 0.0734. The Morgan fingerprint density at radius 2 is 2.00 bits per heavy atom. The van der Waals surface area contributed by atoms with Crippen molar-refractivity contribution < 1.29 is 4.74 Å². The number of fused-ring (bicyclic) bond motifs is 1. The van der Waals surface area contributed by atoms with E-state index in [9.17, 15) is 0 Å². The zero-order valence-electron chi connectivity index (χ0n) is 20.4. The van der Waals surface area contributed by atoms with Gasteiger partial charge in [-0.15, -0.1) is 11.3 Å². The van der Waals surface area contributed by atoms with Crippen molar-refractivity contribution in [1.29, 1.82) is 5.26 Å². The van der Waals surface area contributed by atoms with Gasteiger partial charge in [0.15, 0.2) is 5.82 Å². The molecule has 2 atom stereocenters. The summed E-state index contributed by atoms with van der Waals surface area (Å²) in [6.07, 6.45) is 4.74. The second kappa shape index (κ2) is 11.1. The maximum absolute atomic E-state index is 9.09. The molecule has 10 heteroatoms. The highest BCUT2D eigenvalue weighted by atomic mass is 32.1. The molecule has 4 heterocycles. The number of hydrogen-bond donors (Lipinski definition) is 3. The molecule has 0 aromatic carbocycles. The summed E-state index contributed by atoms with van der Waals surface area (Å²) < 4.78 is 5.34. The number of aromatic amines is 1. The molecular formula is C24H34N8OS. The normalized spacial score (nSPS) is 21.0. The van der Waals surface area contributed by atoms with E-state index < -0.39 is 0 Å². The van der Waals surface area contributed by atoms with Crippen LogP contribution >= 0.6 is 11.3 Å². The van der Waals surface area contributed by atoms with Crippen molar-refractivity contribution in [3.05, 3.63) is 22.7 Å². The molecule has 4 rings (SSSR count). The van der Waals surface area contributed by atoms with Crippen molar-refractivity contribution >= 4 is 39.1 Å². The third kappa shape index (κ3) is 5.49. The van der Waals surface area contributed by atoms with Gasteiger partial charge in [0.2, 0.25) is 5.95 Å². The van der Waals surface area contributed by atoms with Gasteiger partial charge in [0.05, 0.1) is 18.1 Å². The number of rotatable bonds is 10. The Morgan fingerprint density at radius 3 is 2.62 bits per heavy atom. The van der Waals surface area contributed by atoms with Gasteiger partial charge in [-0.05, 0) is 38.7 Å². The van der Waals surface area contributed by atoms with Crippen LogP contribution in [0.3, 0.4) is 0 Å². The Bertz CT molecular complexity index is 1120. The molecule has 1 fully saturated rings. The molecule has 0 aliphatic carbocycles. The molecule has 34 heavy (non-hydrogen) atoms. The Labute approximate surface area is 204 Å². The molecular weight excluding hydrogens is 448 g/mol. The van der Waals surface area contributed by atoms with Gasteiger partial charge in [0, 0.05) is 54.8 Å². The molecule has 3 aromatic heterocycles. The molecule has 0 radical (unpaired) electrons. The number of piperidine rings is 1. The minimum atomic E-state index is 0.282. The summed E-state index contributed by atoms with van der Waals surface area (Å²) in [5, 5.41) is 24.4. The number of nitriles is 1. The minimum Gasteiger partial charge on any atom is -0.379 e. The third-order valence-electron chi connectivity index (χ3n) is 6.49. The van der Waals surface area contributed by atoms with Crippen LogP contribution in [0.15, 0.2) is 12.1 Å². The van der Waals surface area contributed by atoms with Gasteiger partial charge < -0.3 is 15.4 Å². The molecule has 0 amide bonds. The quantitative estimate of drug-likeness (QED) is 0.371. The maximum atomic E-state index is 9.09. The lowest BCUT2D eigenvalue weighted by atomic mass is 9.88. The second-order valence-electron chi connectivity index (χ2n) is 8.90. The molecule has 9 nitrogen and oxygen atoms in total. The number of anilines is 3. The number of likely N-dealkylation sites (tertiary alicyclic amines) is 1. The topological polar surface area (TPSA) is 115 Å². The molecule has 1 saturated heterocycles. The first-order valence-corrected chi connectivity index (χ1v) is 12.8. The van der Waals surface area contributed by atoms with Crippen molar-refractivity contribution in [2.24, 2.45) is 0 Å². The minimum absolute atomic E-state index is 0.282. The first kappa shape index (κ1) is 24.4. The van der Waals surface area contributed by atoms with Crippen molar-refractivity contribution in [3.63, 3.8) is 0 Å². The SMILES string of the molecule is CCC1CC(Nc2nc(Nc3cc(C)[nH]n3)c3cc(COC)sc3n2)CC(CC)N1CCC#N. The van der Waals surface area contributed by atoms with Gasteiger partial charge in [-0.25, -0.2) is 4.98 Å². The molecule has 2 unspecified atom stereocenters. The average Bonchev–Trinajstić information content (AvgIpc) is 3.43. The van der Waals surface area contributed by atoms with Crippen LogP contribution in [0.1, 0.15) is 56.5 Å². The lowest BCUT2D eigenvalue weighted by Crippen LogP contribution is -2.52. The van der Waals surface area contributed by atoms with Crippen LogP contribution in [-0.2, 0) is 11.3 Å². The van der Waals surface area contributed by atoms with E-state index in [-0.39, 0.29) is 6.04 Å². The summed E-state index contributed by atoms with van der Waals surface area (Å²) in [6, 6.07) is 7.54. The Kier molecular flexibility index (Phi) is 7.98. The van der Waals surface area contributed by atoms with Gasteiger partial charge in [0.25, 0.3) is 0 Å². The largest absolute Gasteiger partial charge is 0.379 e. The third-order valence-corrected chi connectivity index (χ3v) is 7.49. The summed E-state index contributed by atoms with van der Waals surface area (Å²) in [5.74, 6) is 2.10. The van der Waals surface area contributed by atoms with Crippen LogP contribution in [0.5, 0.6) is 0 Å². The number of thiophene rings is 1. The Balaban J connectivity index is 1.60. The lowest BCUT2D eigenvalue weighted by Gasteiger charge is -2.45. The number of H-pyrrole nitrogens is 1. The van der Waals surface area contributed by atoms with E-state index in [1.165, 1.54) is 0 Å². The fourth-order valence-corrected chi connectivity index (χ4v) is 5.92. The van der Waals surface area contributed by atoms with Crippen LogP contribution in [0, 0.1) is 18.3 Å². The van der Waals surface area contributed by atoms with Gasteiger partial charge in [-0.2, -0.15) is 15.3 Å². The molecule has 1 aliphatic heterocycles. The average molecular weight is 483 g/mol. The number of aromatic nitrogens is 4. The van der Waals surface area contributed by atoms with Crippen molar-refractivity contribution in [3.8, 4) is 6.07 Å². The van der Waals surface area contributed by atoms with E-state index in [1.54, 1.807) is 18.4 Å². The van der Waals surface area contributed by atoms with E-state index in [2.05, 4.69) is 51.7 Å². The highest BCUT2D eigenvalue weighted by Crippen LogP contribution is 2.33. The number of nitrogens with zero attached hydrogens (tertiary/aromatic N) is 5. The molecule has 1 aliphatic rings. The summed E-state index contributed by atoms with van der Waals surface area (Å²) in [7, 11) is 1.70. The molecule has 182 valence electrons. The van der Waals surface area contributed by atoms with Crippen LogP contribution in [0.4, 0.5) is 17.6 Å². The summed E-state index contributed by atoms with van der Waals surface area (Å²) in [6.45, 7) is 7.83. The first-order chi connectivity index (χ1) is 16.5. The highest BCUT2D eigenvalue weighted by Gasteiger charge is 2.34. The van der Waals surface area contributed by atoms with Crippen molar-refractivity contribution in [2.75, 3.05) is 24.3 Å². The van der Waals surface area contributed by atoms with Gasteiger partial charge >= 0.3 is 0 Å². The predicted molar refractivity (Wildman–Crippen MR) is 136 cm³/mol. The Morgan fingerprint density at radius 1 is 1.24 bits per heavy atom. The number of hydrogen-bond acceptors (Lipinski definition) is 9. The van der Waals surface area contributed by atoms with Crippen LogP contribution in [0.2, 0.25) is 0 Å². The summed E-state index contributed by atoms with van der Waals surface area (Å²) in [5.41, 5.74) is 0.982. The number of nitrogens with one attached hydrogen (secondary N) is 3. The van der Waals surface area contributed by atoms with Gasteiger partial charge in [0.1, 0.15) is 10.6 Å². The zero-order chi connectivity index (χ0) is 24.1. The van der Waals surface area contributed by atoms with Crippen LogP contribution < -0.4 is 10.6 Å². The van der Waals surface area contributed by atoms with E-state index in [0.29, 0.717) is 31.1 Å².